The maximum absolute atomic E-state index is 12.6. The van der Waals surface area contributed by atoms with Crippen molar-refractivity contribution in [3.8, 4) is 0 Å². The molecule has 1 aromatic rings. The van der Waals surface area contributed by atoms with E-state index in [1.807, 2.05) is 10.8 Å². The first-order valence-corrected chi connectivity index (χ1v) is 6.68. The fourth-order valence-corrected chi connectivity index (χ4v) is 2.39. The number of nitrogens with zero attached hydrogens (tertiary/aromatic N) is 4. The van der Waals surface area contributed by atoms with E-state index in [2.05, 4.69) is 4.98 Å². The summed E-state index contributed by atoms with van der Waals surface area (Å²) in [5.74, 6) is -0.181. The number of hydrogen-bond acceptors (Lipinski definition) is 3. The zero-order valence-electron chi connectivity index (χ0n) is 12.0. The van der Waals surface area contributed by atoms with E-state index in [9.17, 15) is 14.7 Å². The van der Waals surface area contributed by atoms with Gasteiger partial charge in [-0.1, -0.05) is 0 Å². The number of likely N-dealkylation sites (N-methyl/N-ethyl adjacent to an activating group) is 1. The van der Waals surface area contributed by atoms with Crippen molar-refractivity contribution >= 4 is 12.0 Å². The number of carbonyl (C=O) groups excluding carboxylic acids is 1. The fraction of sp³-hybridized carbons (Fsp3) is 0.615. The lowest BCUT2D eigenvalue weighted by atomic mass is 10.0. The smallest absolute Gasteiger partial charge is 0.329 e. The Morgan fingerprint density at radius 1 is 1.45 bits per heavy atom. The Morgan fingerprint density at radius 3 is 2.75 bits per heavy atom. The highest BCUT2D eigenvalue weighted by Gasteiger charge is 2.39. The maximum Gasteiger partial charge on any atom is 0.329 e. The van der Waals surface area contributed by atoms with Gasteiger partial charge in [0.25, 0.3) is 0 Å². The number of carboxylic acid groups (broad SMARTS) is 1. The van der Waals surface area contributed by atoms with Crippen LogP contribution in [0.1, 0.15) is 26.6 Å². The summed E-state index contributed by atoms with van der Waals surface area (Å²) in [5, 5.41) is 9.29. The Labute approximate surface area is 117 Å². The zero-order chi connectivity index (χ0) is 14.9. The Kier molecular flexibility index (Phi) is 3.69. The van der Waals surface area contributed by atoms with Crippen LogP contribution in [-0.2, 0) is 17.9 Å². The molecule has 1 aromatic heterocycles. The van der Waals surface area contributed by atoms with Gasteiger partial charge in [0, 0.05) is 32.0 Å². The number of hydrogen-bond donors (Lipinski definition) is 1. The average Bonchev–Trinajstić information content (AvgIpc) is 2.85. The minimum Gasteiger partial charge on any atom is -0.480 e. The normalized spacial score (nSPS) is 14.8. The summed E-state index contributed by atoms with van der Waals surface area (Å²) in [4.78, 5) is 31.1. The van der Waals surface area contributed by atoms with E-state index in [-0.39, 0.29) is 6.03 Å². The van der Waals surface area contributed by atoms with E-state index in [0.717, 1.165) is 5.82 Å². The number of fused-ring (bicyclic) bond motifs is 1. The van der Waals surface area contributed by atoms with E-state index in [4.69, 9.17) is 0 Å². The van der Waals surface area contributed by atoms with Gasteiger partial charge in [0.15, 0.2) is 0 Å². The van der Waals surface area contributed by atoms with Gasteiger partial charge in [-0.25, -0.2) is 14.6 Å². The van der Waals surface area contributed by atoms with Gasteiger partial charge < -0.3 is 19.5 Å². The van der Waals surface area contributed by atoms with E-state index in [1.54, 1.807) is 31.9 Å². The van der Waals surface area contributed by atoms with Crippen molar-refractivity contribution < 1.29 is 14.7 Å². The number of carbonyl (C=O) groups is 2. The predicted octanol–water partition coefficient (Wildman–Crippen LogP) is 1.00. The van der Waals surface area contributed by atoms with Crippen molar-refractivity contribution in [3.05, 3.63) is 18.2 Å². The Hall–Kier alpha value is -2.05. The minimum absolute atomic E-state index is 0.255. The van der Waals surface area contributed by atoms with Crippen molar-refractivity contribution in [3.63, 3.8) is 0 Å². The molecule has 0 unspecified atom stereocenters. The molecule has 0 saturated carbocycles. The SMILES string of the molecule is CCN(C(=O)N1CCn2ccnc2C1)C(C)(C)C(=O)O. The first-order chi connectivity index (χ1) is 9.37. The van der Waals surface area contributed by atoms with Crippen LogP contribution >= 0.6 is 0 Å². The number of amides is 2. The van der Waals surface area contributed by atoms with Crippen LogP contribution in [0.15, 0.2) is 12.4 Å². The van der Waals surface area contributed by atoms with Gasteiger partial charge in [0.05, 0.1) is 6.54 Å². The van der Waals surface area contributed by atoms with Crippen LogP contribution in [0.5, 0.6) is 0 Å². The van der Waals surface area contributed by atoms with Gasteiger partial charge >= 0.3 is 12.0 Å². The third-order valence-electron chi connectivity index (χ3n) is 3.76. The summed E-state index contributed by atoms with van der Waals surface area (Å²) in [5.41, 5.74) is -1.22. The van der Waals surface area contributed by atoms with Gasteiger partial charge in [-0.15, -0.1) is 0 Å². The van der Waals surface area contributed by atoms with Crippen LogP contribution < -0.4 is 0 Å². The van der Waals surface area contributed by atoms with Gasteiger partial charge in [-0.05, 0) is 20.8 Å². The van der Waals surface area contributed by atoms with Crippen molar-refractivity contribution in [1.82, 2.24) is 19.4 Å². The number of rotatable bonds is 3. The summed E-state index contributed by atoms with van der Waals surface area (Å²) in [7, 11) is 0. The number of aromatic nitrogens is 2. The third kappa shape index (κ3) is 2.35. The molecule has 20 heavy (non-hydrogen) atoms. The maximum atomic E-state index is 12.6. The second-order valence-electron chi connectivity index (χ2n) is 5.35. The number of aliphatic carboxylic acids is 1. The van der Waals surface area contributed by atoms with Crippen molar-refractivity contribution in [2.75, 3.05) is 13.1 Å². The molecule has 1 N–H and O–H groups in total. The van der Waals surface area contributed by atoms with Crippen molar-refractivity contribution in [2.45, 2.75) is 39.4 Å². The third-order valence-corrected chi connectivity index (χ3v) is 3.76. The van der Waals surface area contributed by atoms with E-state index >= 15 is 0 Å². The highest BCUT2D eigenvalue weighted by atomic mass is 16.4. The molecule has 0 atom stereocenters. The van der Waals surface area contributed by atoms with E-state index < -0.39 is 11.5 Å². The summed E-state index contributed by atoms with van der Waals surface area (Å²) < 4.78 is 2.00. The standard InChI is InChI=1S/C13H20N4O3/c1-4-17(13(2,3)11(18)19)12(20)16-8-7-15-6-5-14-10(15)9-16/h5-6H,4,7-9H2,1-3H3,(H,18,19). The molecule has 0 fully saturated rings. The monoisotopic (exact) mass is 280 g/mol. The lowest BCUT2D eigenvalue weighted by Crippen LogP contribution is -2.57. The molecule has 2 amide bonds. The Bertz CT molecular complexity index is 523. The zero-order valence-corrected chi connectivity index (χ0v) is 12.0. The number of imidazole rings is 1. The molecule has 0 radical (unpaired) electrons. The molecule has 2 rings (SSSR count). The van der Waals surface area contributed by atoms with Gasteiger partial charge in [0.1, 0.15) is 11.4 Å². The van der Waals surface area contributed by atoms with Crippen molar-refractivity contribution in [1.29, 1.82) is 0 Å². The van der Waals surface area contributed by atoms with Crippen molar-refractivity contribution in [2.24, 2.45) is 0 Å². The van der Waals surface area contributed by atoms with E-state index in [1.165, 1.54) is 4.90 Å². The molecule has 7 heteroatoms. The molecule has 1 aliphatic heterocycles. The molecular weight excluding hydrogens is 260 g/mol. The predicted molar refractivity (Wildman–Crippen MR) is 72.1 cm³/mol. The number of carboxylic acids is 1. The van der Waals surface area contributed by atoms with Gasteiger partial charge in [0.2, 0.25) is 0 Å². The average molecular weight is 280 g/mol. The summed E-state index contributed by atoms with van der Waals surface area (Å²) >= 11 is 0. The first-order valence-electron chi connectivity index (χ1n) is 6.68. The summed E-state index contributed by atoms with van der Waals surface area (Å²) in [6.45, 7) is 6.89. The molecule has 1 aliphatic rings. The quantitative estimate of drug-likeness (QED) is 0.896. The van der Waals surface area contributed by atoms with Crippen LogP contribution in [-0.4, -0.2) is 55.1 Å². The highest BCUT2D eigenvalue weighted by Crippen LogP contribution is 2.19. The number of urea groups is 1. The molecule has 0 saturated heterocycles. The van der Waals surface area contributed by atoms with Crippen LogP contribution in [0.4, 0.5) is 4.79 Å². The summed E-state index contributed by atoms with van der Waals surface area (Å²) in [6.07, 6.45) is 3.60. The lowest BCUT2D eigenvalue weighted by Gasteiger charge is -2.39. The van der Waals surface area contributed by atoms with Crippen LogP contribution in [0, 0.1) is 0 Å². The first kappa shape index (κ1) is 14.4. The second-order valence-corrected chi connectivity index (χ2v) is 5.35. The summed E-state index contributed by atoms with van der Waals surface area (Å²) in [6, 6.07) is -0.255. The molecule has 0 aliphatic carbocycles. The molecule has 0 bridgehead atoms. The second kappa shape index (κ2) is 5.15. The van der Waals surface area contributed by atoms with Crippen LogP contribution in [0.25, 0.3) is 0 Å². The molecule has 0 spiro atoms. The van der Waals surface area contributed by atoms with Gasteiger partial charge in [-0.3, -0.25) is 0 Å². The van der Waals surface area contributed by atoms with Gasteiger partial charge in [-0.2, -0.15) is 0 Å². The lowest BCUT2D eigenvalue weighted by molar-refractivity contribution is -0.147. The Balaban J connectivity index is 2.17. The van der Waals surface area contributed by atoms with E-state index in [0.29, 0.717) is 26.2 Å². The highest BCUT2D eigenvalue weighted by molar-refractivity contribution is 5.85. The minimum atomic E-state index is -1.22. The molecule has 7 nitrogen and oxygen atoms in total. The topological polar surface area (TPSA) is 78.7 Å². The van der Waals surface area contributed by atoms with Crippen LogP contribution in [0.3, 0.4) is 0 Å². The molecule has 110 valence electrons. The molecule has 2 heterocycles. The Morgan fingerprint density at radius 2 is 2.15 bits per heavy atom. The largest absolute Gasteiger partial charge is 0.480 e. The molecular formula is C13H20N4O3. The molecule has 0 aromatic carbocycles. The van der Waals surface area contributed by atoms with Crippen LogP contribution in [0.2, 0.25) is 0 Å². The fourth-order valence-electron chi connectivity index (χ4n) is 2.39.